The summed E-state index contributed by atoms with van der Waals surface area (Å²) in [6, 6.07) is 11.2. The number of halogens is 3. The Morgan fingerprint density at radius 2 is 1.81 bits per heavy atom. The minimum atomic E-state index is -4.79. The van der Waals surface area contributed by atoms with Crippen LogP contribution in [0.15, 0.2) is 47.0 Å². The number of ether oxygens (including phenoxy) is 1. The van der Waals surface area contributed by atoms with Crippen molar-refractivity contribution in [3.05, 3.63) is 64.4 Å². The third-order valence-electron chi connectivity index (χ3n) is 6.39. The Hall–Kier alpha value is -3.40. The first-order valence-corrected chi connectivity index (χ1v) is 13.1. The van der Waals surface area contributed by atoms with Crippen molar-refractivity contribution in [2.45, 2.75) is 63.6 Å². The van der Waals surface area contributed by atoms with Crippen LogP contribution in [-0.2, 0) is 12.8 Å². The number of hydrogen-bond acceptors (Lipinski definition) is 6. The van der Waals surface area contributed by atoms with Crippen molar-refractivity contribution in [2.75, 3.05) is 0 Å². The summed E-state index contributed by atoms with van der Waals surface area (Å²) in [5, 5.41) is 14.5. The minimum absolute atomic E-state index is 0.277. The monoisotopic (exact) mass is 530 g/mol. The smallest absolute Gasteiger partial charge is 0.478 e. The van der Waals surface area contributed by atoms with Crippen molar-refractivity contribution in [2.24, 2.45) is 0 Å². The molecule has 194 valence electrons. The van der Waals surface area contributed by atoms with Crippen LogP contribution in [0, 0.1) is 0 Å². The first kappa shape index (κ1) is 25.3. The van der Waals surface area contributed by atoms with Gasteiger partial charge in [-0.05, 0) is 62.8 Å². The number of benzene rings is 2. The number of unbranched alkanes of at least 4 members (excludes halogenated alkanes) is 3. The molecule has 0 bridgehead atoms. The molecule has 37 heavy (non-hydrogen) atoms. The normalized spacial score (nSPS) is 13.8. The number of para-hydroxylation sites is 1. The van der Waals surface area contributed by atoms with E-state index in [-0.39, 0.29) is 22.8 Å². The van der Waals surface area contributed by atoms with Crippen LogP contribution in [0.5, 0.6) is 5.75 Å². The van der Waals surface area contributed by atoms with Crippen molar-refractivity contribution in [1.82, 2.24) is 10.1 Å². The van der Waals surface area contributed by atoms with E-state index in [0.29, 0.717) is 22.3 Å². The molecule has 1 fully saturated rings. The first-order valence-electron chi connectivity index (χ1n) is 12.3. The summed E-state index contributed by atoms with van der Waals surface area (Å²) in [7, 11) is 0. The van der Waals surface area contributed by atoms with E-state index in [2.05, 4.69) is 14.9 Å². The number of rotatable bonds is 11. The number of hydrogen-bond donors (Lipinski definition) is 1. The predicted molar refractivity (Wildman–Crippen MR) is 133 cm³/mol. The number of aromatic nitrogens is 2. The molecular formula is C27H25F3N2O4S. The summed E-state index contributed by atoms with van der Waals surface area (Å²) in [5.74, 6) is -0.178. The van der Waals surface area contributed by atoms with Gasteiger partial charge in [0.25, 0.3) is 0 Å². The number of thiazole rings is 1. The molecule has 2 aromatic heterocycles. The maximum Gasteiger partial charge on any atom is 0.573 e. The lowest BCUT2D eigenvalue weighted by Gasteiger charge is -2.12. The summed E-state index contributed by atoms with van der Waals surface area (Å²) in [6.07, 6.45) is 2.27. The molecule has 1 N–H and O–H groups in total. The summed E-state index contributed by atoms with van der Waals surface area (Å²) in [5.41, 5.74) is 2.56. The van der Waals surface area contributed by atoms with Gasteiger partial charge in [-0.1, -0.05) is 36.2 Å². The molecule has 0 saturated heterocycles. The average Bonchev–Trinajstić information content (AvgIpc) is 3.47. The molecular weight excluding hydrogens is 505 g/mol. The van der Waals surface area contributed by atoms with Gasteiger partial charge >= 0.3 is 12.3 Å². The SMILES string of the molecule is O=C(O)c1cccc2nc(CCCCCCc3c(-c4ccccc4OC(F)(F)F)noc3C3CC3)sc12. The molecule has 2 aromatic carbocycles. The summed E-state index contributed by atoms with van der Waals surface area (Å²) in [4.78, 5) is 16.0. The van der Waals surface area contributed by atoms with Gasteiger partial charge in [-0.15, -0.1) is 24.5 Å². The van der Waals surface area contributed by atoms with Gasteiger partial charge in [0.2, 0.25) is 0 Å². The zero-order valence-corrected chi connectivity index (χ0v) is 20.7. The van der Waals surface area contributed by atoms with Crippen LogP contribution in [0.1, 0.15) is 71.1 Å². The van der Waals surface area contributed by atoms with E-state index >= 15 is 0 Å². The van der Waals surface area contributed by atoms with Crippen LogP contribution in [0.3, 0.4) is 0 Å². The second kappa shape index (κ2) is 10.5. The van der Waals surface area contributed by atoms with Gasteiger partial charge in [-0.3, -0.25) is 0 Å². The van der Waals surface area contributed by atoms with Crippen molar-refractivity contribution in [3.63, 3.8) is 0 Å². The van der Waals surface area contributed by atoms with Crippen LogP contribution in [0.25, 0.3) is 21.5 Å². The number of carboxylic acids is 1. The molecule has 0 spiro atoms. The molecule has 1 aliphatic rings. The largest absolute Gasteiger partial charge is 0.573 e. The minimum Gasteiger partial charge on any atom is -0.478 e. The number of aromatic carboxylic acids is 1. The fraction of sp³-hybridized carbons (Fsp3) is 0.370. The maximum atomic E-state index is 12.9. The highest BCUT2D eigenvalue weighted by Crippen LogP contribution is 2.46. The number of carboxylic acid groups (broad SMARTS) is 1. The van der Waals surface area contributed by atoms with Crippen molar-refractivity contribution >= 4 is 27.5 Å². The Morgan fingerprint density at radius 1 is 1.05 bits per heavy atom. The second-order valence-corrected chi connectivity index (χ2v) is 10.3. The standard InChI is InChI=1S/C27H25F3N2O4S/c28-27(29,30)35-21-12-6-5-8-17(21)23-18(24(36-32-23)16-14-15-16)9-3-1-2-4-13-22-31-20-11-7-10-19(26(33)34)25(20)37-22/h5-8,10-12,16H,1-4,9,13-15H2,(H,33,34). The van der Waals surface area contributed by atoms with Gasteiger partial charge in [0.05, 0.1) is 20.8 Å². The average molecular weight is 531 g/mol. The molecule has 10 heteroatoms. The van der Waals surface area contributed by atoms with Gasteiger partial charge in [0.1, 0.15) is 17.2 Å². The summed E-state index contributed by atoms with van der Waals surface area (Å²) in [6.45, 7) is 0. The van der Waals surface area contributed by atoms with Crippen molar-refractivity contribution in [1.29, 1.82) is 0 Å². The first-order chi connectivity index (χ1) is 17.8. The fourth-order valence-electron chi connectivity index (χ4n) is 4.52. The van der Waals surface area contributed by atoms with E-state index < -0.39 is 12.3 Å². The highest BCUT2D eigenvalue weighted by molar-refractivity contribution is 7.19. The number of aryl methyl sites for hydroxylation is 1. The number of alkyl halides is 3. The quantitative estimate of drug-likeness (QED) is 0.199. The molecule has 1 saturated carbocycles. The Balaban J connectivity index is 1.21. The Morgan fingerprint density at radius 3 is 2.54 bits per heavy atom. The lowest BCUT2D eigenvalue weighted by Crippen LogP contribution is -2.17. The lowest BCUT2D eigenvalue weighted by molar-refractivity contribution is -0.274. The van der Waals surface area contributed by atoms with Crippen LogP contribution in [0.2, 0.25) is 0 Å². The van der Waals surface area contributed by atoms with E-state index in [9.17, 15) is 23.1 Å². The molecule has 0 atom stereocenters. The fourth-order valence-corrected chi connectivity index (χ4v) is 5.63. The number of fused-ring (bicyclic) bond motifs is 1. The Bertz CT molecular complexity index is 1410. The van der Waals surface area contributed by atoms with E-state index in [0.717, 1.165) is 61.3 Å². The van der Waals surface area contributed by atoms with Gasteiger partial charge in [0, 0.05) is 17.0 Å². The third-order valence-corrected chi connectivity index (χ3v) is 7.56. The van der Waals surface area contributed by atoms with Crippen molar-refractivity contribution in [3.8, 4) is 17.0 Å². The van der Waals surface area contributed by atoms with E-state index in [1.54, 1.807) is 24.3 Å². The molecule has 5 rings (SSSR count). The molecule has 0 aliphatic heterocycles. The van der Waals surface area contributed by atoms with Crippen LogP contribution in [0.4, 0.5) is 13.2 Å². The van der Waals surface area contributed by atoms with Gasteiger partial charge < -0.3 is 14.4 Å². The highest BCUT2D eigenvalue weighted by atomic mass is 32.1. The number of carbonyl (C=O) groups is 1. The number of nitrogens with zero attached hydrogens (tertiary/aromatic N) is 2. The van der Waals surface area contributed by atoms with Crippen LogP contribution in [-0.4, -0.2) is 27.6 Å². The van der Waals surface area contributed by atoms with Gasteiger partial charge in [-0.25, -0.2) is 9.78 Å². The van der Waals surface area contributed by atoms with E-state index in [1.807, 2.05) is 6.07 Å². The van der Waals surface area contributed by atoms with Crippen molar-refractivity contribution < 1.29 is 32.3 Å². The molecule has 4 aromatic rings. The molecule has 1 aliphatic carbocycles. The lowest BCUT2D eigenvalue weighted by atomic mass is 9.98. The molecule has 0 amide bonds. The van der Waals surface area contributed by atoms with Crippen LogP contribution >= 0.6 is 11.3 Å². The van der Waals surface area contributed by atoms with Gasteiger partial charge in [0.15, 0.2) is 0 Å². The van der Waals surface area contributed by atoms with E-state index in [4.69, 9.17) is 4.52 Å². The Kier molecular flexibility index (Phi) is 7.19. The van der Waals surface area contributed by atoms with Gasteiger partial charge in [-0.2, -0.15) is 0 Å². The molecule has 0 unspecified atom stereocenters. The summed E-state index contributed by atoms with van der Waals surface area (Å²) >= 11 is 1.43. The third kappa shape index (κ3) is 5.95. The summed E-state index contributed by atoms with van der Waals surface area (Å²) < 4.78 is 49.4. The highest BCUT2D eigenvalue weighted by Gasteiger charge is 2.35. The predicted octanol–water partition coefficient (Wildman–Crippen LogP) is 7.77. The molecule has 0 radical (unpaired) electrons. The molecule has 2 heterocycles. The molecule has 6 nitrogen and oxygen atoms in total. The zero-order valence-electron chi connectivity index (χ0n) is 19.9. The Labute approximate surface area is 215 Å². The van der Waals surface area contributed by atoms with Crippen LogP contribution < -0.4 is 4.74 Å². The van der Waals surface area contributed by atoms with E-state index in [1.165, 1.54) is 23.5 Å². The topological polar surface area (TPSA) is 85.5 Å². The maximum absolute atomic E-state index is 12.9. The second-order valence-electron chi connectivity index (χ2n) is 9.17. The zero-order chi connectivity index (χ0) is 26.0.